The number of hydrogen-bond donors (Lipinski definition) is 1. The number of nitrogens with two attached hydrogens (primary N) is 1. The fraction of sp³-hybridized carbons (Fsp3) is 1.00. The number of hydrogen-bond acceptors (Lipinski definition) is 2. The summed E-state index contributed by atoms with van der Waals surface area (Å²) in [5, 5.41) is 0. The van der Waals surface area contributed by atoms with Crippen LogP contribution in [0.3, 0.4) is 0 Å². The highest BCUT2D eigenvalue weighted by Crippen LogP contribution is 2.16. The molecule has 2 N–H and O–H groups in total. The molecule has 1 atom stereocenters. The predicted octanol–water partition coefficient (Wildman–Crippen LogP) is 6.61. The van der Waals surface area contributed by atoms with Crippen LogP contribution in [0.2, 0.25) is 0 Å². The molecule has 0 fully saturated rings. The highest BCUT2D eigenvalue weighted by atomic mass is 16.5. The first-order valence-electron chi connectivity index (χ1n) is 10.7. The van der Waals surface area contributed by atoms with Crippen molar-refractivity contribution >= 4 is 0 Å². The molecule has 2 nitrogen and oxygen atoms in total. The van der Waals surface area contributed by atoms with Crippen molar-refractivity contribution in [2.45, 2.75) is 123 Å². The molecule has 0 aromatic carbocycles. The van der Waals surface area contributed by atoms with Crippen LogP contribution in [-0.2, 0) is 4.74 Å². The van der Waals surface area contributed by atoms with Gasteiger partial charge in [0.1, 0.15) is 0 Å². The maximum absolute atomic E-state index is 6.03. The normalized spacial score (nSPS) is 12.7. The SMILES string of the molecule is CCCCCCCCCCCCC(CCCCC)OCCCN. The molecular formula is C21H45NO. The Morgan fingerprint density at radius 2 is 1.04 bits per heavy atom. The third-order valence-electron chi connectivity index (χ3n) is 4.71. The van der Waals surface area contributed by atoms with Crippen molar-refractivity contribution in [2.24, 2.45) is 5.73 Å². The van der Waals surface area contributed by atoms with Crippen LogP contribution in [0.5, 0.6) is 0 Å². The minimum Gasteiger partial charge on any atom is -0.378 e. The molecule has 0 bridgehead atoms. The van der Waals surface area contributed by atoms with E-state index in [1.807, 2.05) is 0 Å². The van der Waals surface area contributed by atoms with Crippen LogP contribution in [0, 0.1) is 0 Å². The molecule has 0 heterocycles. The monoisotopic (exact) mass is 327 g/mol. The van der Waals surface area contributed by atoms with E-state index in [9.17, 15) is 0 Å². The summed E-state index contributed by atoms with van der Waals surface area (Å²) in [7, 11) is 0. The largest absolute Gasteiger partial charge is 0.378 e. The molecule has 0 aliphatic carbocycles. The lowest BCUT2D eigenvalue weighted by molar-refractivity contribution is 0.0377. The average Bonchev–Trinajstić information content (AvgIpc) is 2.56. The Bertz CT molecular complexity index is 198. The molecule has 0 aromatic heterocycles. The lowest BCUT2D eigenvalue weighted by atomic mass is 10.0. The van der Waals surface area contributed by atoms with Crippen LogP contribution in [0.25, 0.3) is 0 Å². The number of unbranched alkanes of at least 4 members (excludes halogenated alkanes) is 11. The summed E-state index contributed by atoms with van der Waals surface area (Å²) in [6.07, 6.45) is 22.1. The van der Waals surface area contributed by atoms with Gasteiger partial charge in [-0.05, 0) is 25.8 Å². The van der Waals surface area contributed by atoms with Crippen molar-refractivity contribution in [3.8, 4) is 0 Å². The summed E-state index contributed by atoms with van der Waals surface area (Å²) in [6, 6.07) is 0. The Hall–Kier alpha value is -0.0800. The van der Waals surface area contributed by atoms with Crippen molar-refractivity contribution in [3.63, 3.8) is 0 Å². The van der Waals surface area contributed by atoms with Gasteiger partial charge in [-0.15, -0.1) is 0 Å². The second-order valence-electron chi connectivity index (χ2n) is 7.10. The molecule has 0 aromatic rings. The highest BCUT2D eigenvalue weighted by molar-refractivity contribution is 4.60. The molecule has 23 heavy (non-hydrogen) atoms. The van der Waals surface area contributed by atoms with E-state index in [2.05, 4.69) is 13.8 Å². The fourth-order valence-electron chi connectivity index (χ4n) is 3.13. The van der Waals surface area contributed by atoms with Gasteiger partial charge in [-0.25, -0.2) is 0 Å². The summed E-state index contributed by atoms with van der Waals surface area (Å²) in [5.74, 6) is 0. The van der Waals surface area contributed by atoms with E-state index < -0.39 is 0 Å². The van der Waals surface area contributed by atoms with Crippen LogP contribution < -0.4 is 5.73 Å². The third-order valence-corrected chi connectivity index (χ3v) is 4.71. The summed E-state index contributed by atoms with van der Waals surface area (Å²) < 4.78 is 6.03. The fourth-order valence-corrected chi connectivity index (χ4v) is 3.13. The average molecular weight is 328 g/mol. The number of ether oxygens (including phenoxy) is 1. The zero-order valence-corrected chi connectivity index (χ0v) is 16.3. The molecule has 0 saturated heterocycles. The zero-order chi connectivity index (χ0) is 17.0. The van der Waals surface area contributed by atoms with Gasteiger partial charge in [0.15, 0.2) is 0 Å². The molecule has 0 radical (unpaired) electrons. The van der Waals surface area contributed by atoms with Crippen molar-refractivity contribution in [3.05, 3.63) is 0 Å². The summed E-state index contributed by atoms with van der Waals surface area (Å²) in [6.45, 7) is 6.16. The van der Waals surface area contributed by atoms with Gasteiger partial charge >= 0.3 is 0 Å². The maximum Gasteiger partial charge on any atom is 0.0575 e. The van der Waals surface area contributed by atoms with E-state index in [1.54, 1.807) is 0 Å². The molecule has 0 rings (SSSR count). The minimum atomic E-state index is 0.488. The first kappa shape index (κ1) is 22.9. The van der Waals surface area contributed by atoms with Gasteiger partial charge in [-0.2, -0.15) is 0 Å². The molecular weight excluding hydrogens is 282 g/mol. The van der Waals surface area contributed by atoms with E-state index in [0.717, 1.165) is 19.6 Å². The third kappa shape index (κ3) is 18.1. The summed E-state index contributed by atoms with van der Waals surface area (Å²) in [4.78, 5) is 0. The van der Waals surface area contributed by atoms with E-state index >= 15 is 0 Å². The van der Waals surface area contributed by atoms with Crippen molar-refractivity contribution in [1.29, 1.82) is 0 Å². The highest BCUT2D eigenvalue weighted by Gasteiger charge is 2.08. The number of rotatable bonds is 19. The maximum atomic E-state index is 6.03. The van der Waals surface area contributed by atoms with Gasteiger partial charge in [0.05, 0.1) is 6.10 Å². The predicted molar refractivity (Wildman–Crippen MR) is 104 cm³/mol. The Balaban J connectivity index is 3.48. The minimum absolute atomic E-state index is 0.488. The molecule has 0 saturated carbocycles. The van der Waals surface area contributed by atoms with Gasteiger partial charge in [-0.3, -0.25) is 0 Å². The summed E-state index contributed by atoms with van der Waals surface area (Å²) in [5.41, 5.74) is 5.56. The van der Waals surface area contributed by atoms with Gasteiger partial charge in [0, 0.05) is 6.61 Å². The van der Waals surface area contributed by atoms with Crippen LogP contribution >= 0.6 is 0 Å². The molecule has 0 aliphatic rings. The Kier molecular flexibility index (Phi) is 19.9. The van der Waals surface area contributed by atoms with Crippen molar-refractivity contribution in [1.82, 2.24) is 0 Å². The lowest BCUT2D eigenvalue weighted by Gasteiger charge is -2.17. The van der Waals surface area contributed by atoms with E-state index in [0.29, 0.717) is 6.10 Å². The Morgan fingerprint density at radius 3 is 1.57 bits per heavy atom. The van der Waals surface area contributed by atoms with Gasteiger partial charge in [-0.1, -0.05) is 97.3 Å². The Labute approximate surface area is 146 Å². The first-order valence-corrected chi connectivity index (χ1v) is 10.7. The van der Waals surface area contributed by atoms with Crippen LogP contribution in [-0.4, -0.2) is 19.3 Å². The van der Waals surface area contributed by atoms with Gasteiger partial charge in [0.2, 0.25) is 0 Å². The van der Waals surface area contributed by atoms with Crippen LogP contribution in [0.4, 0.5) is 0 Å². The van der Waals surface area contributed by atoms with Crippen LogP contribution in [0.1, 0.15) is 117 Å². The second-order valence-corrected chi connectivity index (χ2v) is 7.10. The molecule has 0 amide bonds. The molecule has 0 spiro atoms. The topological polar surface area (TPSA) is 35.2 Å². The van der Waals surface area contributed by atoms with Gasteiger partial charge in [0.25, 0.3) is 0 Å². The standard InChI is InChI=1S/C21H45NO/c1-3-5-7-8-9-10-11-12-13-15-18-21(17-14-6-4-2)23-20-16-19-22/h21H,3-20,22H2,1-2H3. The van der Waals surface area contributed by atoms with E-state index in [4.69, 9.17) is 10.5 Å². The summed E-state index contributed by atoms with van der Waals surface area (Å²) >= 11 is 0. The second kappa shape index (κ2) is 20.0. The van der Waals surface area contributed by atoms with Crippen molar-refractivity contribution < 1.29 is 4.74 Å². The molecule has 2 heteroatoms. The van der Waals surface area contributed by atoms with E-state index in [1.165, 1.54) is 96.3 Å². The molecule has 0 aliphatic heterocycles. The Morgan fingerprint density at radius 1 is 0.609 bits per heavy atom. The lowest BCUT2D eigenvalue weighted by Crippen LogP contribution is -2.15. The quantitative estimate of drug-likeness (QED) is 0.271. The van der Waals surface area contributed by atoms with Crippen molar-refractivity contribution in [2.75, 3.05) is 13.2 Å². The van der Waals surface area contributed by atoms with Gasteiger partial charge < -0.3 is 10.5 Å². The molecule has 1 unspecified atom stereocenters. The van der Waals surface area contributed by atoms with E-state index in [-0.39, 0.29) is 0 Å². The first-order chi connectivity index (χ1) is 11.3. The van der Waals surface area contributed by atoms with Crippen LogP contribution in [0.15, 0.2) is 0 Å². The zero-order valence-electron chi connectivity index (χ0n) is 16.3. The molecule has 140 valence electrons. The smallest absolute Gasteiger partial charge is 0.0575 e.